The van der Waals surface area contributed by atoms with Gasteiger partial charge in [0.2, 0.25) is 0 Å². The molecule has 0 unspecified atom stereocenters. The molecule has 0 bridgehead atoms. The number of hydrogen-bond donors (Lipinski definition) is 0. The molecule has 0 atom stereocenters. The van der Waals surface area contributed by atoms with Crippen LogP contribution in [0.25, 0.3) is 16.7 Å². The van der Waals surface area contributed by atoms with Crippen molar-refractivity contribution in [2.24, 2.45) is 5.41 Å². The van der Waals surface area contributed by atoms with Crippen LogP contribution in [0.3, 0.4) is 0 Å². The third kappa shape index (κ3) is 3.87. The summed E-state index contributed by atoms with van der Waals surface area (Å²) < 4.78 is 16.1. The summed E-state index contributed by atoms with van der Waals surface area (Å²) in [6.45, 7) is 6.05. The van der Waals surface area contributed by atoms with Gasteiger partial charge in [-0.2, -0.15) is 4.98 Å². The van der Waals surface area contributed by atoms with Crippen LogP contribution in [0.1, 0.15) is 26.3 Å². The van der Waals surface area contributed by atoms with Crippen molar-refractivity contribution in [3.63, 3.8) is 0 Å². The van der Waals surface area contributed by atoms with Crippen LogP contribution >= 0.6 is 11.6 Å². The van der Waals surface area contributed by atoms with Crippen LogP contribution in [0.15, 0.2) is 42.7 Å². The van der Waals surface area contributed by atoms with Crippen LogP contribution in [0.5, 0.6) is 0 Å². The lowest BCUT2D eigenvalue weighted by molar-refractivity contribution is 0.571. The van der Waals surface area contributed by atoms with E-state index in [4.69, 9.17) is 11.6 Å². The van der Waals surface area contributed by atoms with E-state index in [0.717, 1.165) is 10.9 Å². The molecule has 0 aliphatic rings. The average Bonchev–Trinajstić information content (AvgIpc) is 3.13. The van der Waals surface area contributed by atoms with E-state index in [-0.39, 0.29) is 11.2 Å². The molecule has 2 aromatic heterocycles. The molecule has 0 aliphatic carbocycles. The molecule has 4 aromatic rings. The first-order valence-corrected chi connectivity index (χ1v) is 9.45. The van der Waals surface area contributed by atoms with Gasteiger partial charge in [-0.3, -0.25) is 4.40 Å². The van der Waals surface area contributed by atoms with E-state index in [0.29, 0.717) is 27.9 Å². The second-order valence-electron chi connectivity index (χ2n) is 7.85. The Morgan fingerprint density at radius 2 is 1.93 bits per heavy atom. The van der Waals surface area contributed by atoms with Crippen molar-refractivity contribution in [2.45, 2.75) is 20.8 Å². The first-order valence-electron chi connectivity index (χ1n) is 9.08. The molecular formula is C22H19ClFN5. The Morgan fingerprint density at radius 1 is 1.14 bits per heavy atom. The topological polar surface area (TPSA) is 46.3 Å². The minimum Gasteiger partial charge on any atom is -0.329 e. The molecule has 5 nitrogen and oxygen atoms in total. The number of hydrogen-bond acceptors (Lipinski definition) is 4. The highest BCUT2D eigenvalue weighted by Crippen LogP contribution is 2.32. The molecule has 0 saturated carbocycles. The molecule has 0 fully saturated rings. The number of halogens is 2. The van der Waals surface area contributed by atoms with Crippen molar-refractivity contribution in [1.29, 1.82) is 0 Å². The predicted molar refractivity (Wildman–Crippen MR) is 114 cm³/mol. The predicted octanol–water partition coefficient (Wildman–Crippen LogP) is 5.24. The van der Waals surface area contributed by atoms with Gasteiger partial charge >= 0.3 is 0 Å². The minimum atomic E-state index is -0.358. The summed E-state index contributed by atoms with van der Waals surface area (Å²) in [6.07, 6.45) is 1.59. The van der Waals surface area contributed by atoms with Gasteiger partial charge in [0, 0.05) is 34.1 Å². The first kappa shape index (κ1) is 19.2. The van der Waals surface area contributed by atoms with Gasteiger partial charge in [-0.1, -0.05) is 23.4 Å². The SMILES string of the molecule is CN(c1cc(F)cc(C#CC(C)(C)C)c1)c1nc2nncn2c2cc(Cl)ccc12. The molecule has 2 heterocycles. The lowest BCUT2D eigenvalue weighted by Crippen LogP contribution is -2.13. The van der Waals surface area contributed by atoms with E-state index in [2.05, 4.69) is 27.0 Å². The van der Waals surface area contributed by atoms with Crippen LogP contribution < -0.4 is 4.90 Å². The fourth-order valence-corrected chi connectivity index (χ4v) is 3.17. The molecule has 0 aliphatic heterocycles. The Bertz CT molecular complexity index is 1290. The van der Waals surface area contributed by atoms with Gasteiger partial charge in [-0.25, -0.2) is 4.39 Å². The van der Waals surface area contributed by atoms with Gasteiger partial charge in [-0.05, 0) is 57.2 Å². The highest BCUT2D eigenvalue weighted by atomic mass is 35.5. The molecule has 7 heteroatoms. The summed E-state index contributed by atoms with van der Waals surface area (Å²) in [7, 11) is 1.83. The van der Waals surface area contributed by atoms with Crippen molar-refractivity contribution in [1.82, 2.24) is 19.6 Å². The first-order chi connectivity index (χ1) is 13.7. The van der Waals surface area contributed by atoms with E-state index >= 15 is 0 Å². The van der Waals surface area contributed by atoms with E-state index in [9.17, 15) is 4.39 Å². The minimum absolute atomic E-state index is 0.172. The zero-order valence-corrected chi connectivity index (χ0v) is 17.3. The highest BCUT2D eigenvalue weighted by Gasteiger charge is 2.16. The molecule has 4 rings (SSSR count). The van der Waals surface area contributed by atoms with Gasteiger partial charge in [0.25, 0.3) is 5.78 Å². The fourth-order valence-electron chi connectivity index (χ4n) is 3.00. The van der Waals surface area contributed by atoms with Crippen LogP contribution in [0, 0.1) is 23.1 Å². The highest BCUT2D eigenvalue weighted by molar-refractivity contribution is 6.31. The third-order valence-corrected chi connectivity index (χ3v) is 4.60. The smallest absolute Gasteiger partial charge is 0.257 e. The maximum absolute atomic E-state index is 14.3. The van der Waals surface area contributed by atoms with Gasteiger partial charge in [0.15, 0.2) is 0 Å². The lowest BCUT2D eigenvalue weighted by atomic mass is 9.97. The number of nitrogens with zero attached hydrogens (tertiary/aromatic N) is 5. The number of benzene rings is 2. The zero-order chi connectivity index (χ0) is 20.8. The van der Waals surface area contributed by atoms with Crippen molar-refractivity contribution in [3.05, 3.63) is 59.1 Å². The standard InChI is InChI=1S/C22H19ClFN5/c1-22(2,3)8-7-14-9-16(24)12-17(10-14)28(4)20-18-6-5-15(23)11-19(18)29-13-25-27-21(29)26-20/h5-6,9-13H,1-4H3. The number of fused-ring (bicyclic) bond motifs is 3. The molecule has 0 radical (unpaired) electrons. The molecule has 0 spiro atoms. The molecule has 29 heavy (non-hydrogen) atoms. The van der Waals surface area contributed by atoms with E-state index in [1.807, 2.05) is 50.9 Å². The Labute approximate surface area is 173 Å². The Balaban J connectivity index is 1.88. The quantitative estimate of drug-likeness (QED) is 0.426. The van der Waals surface area contributed by atoms with E-state index < -0.39 is 0 Å². The van der Waals surface area contributed by atoms with Crippen LogP contribution in [-0.2, 0) is 0 Å². The second kappa shape index (κ2) is 7.02. The largest absolute Gasteiger partial charge is 0.329 e. The van der Waals surface area contributed by atoms with Crippen molar-refractivity contribution in [2.75, 3.05) is 11.9 Å². The van der Waals surface area contributed by atoms with Crippen LogP contribution in [-0.4, -0.2) is 26.6 Å². The monoisotopic (exact) mass is 407 g/mol. The average molecular weight is 408 g/mol. The van der Waals surface area contributed by atoms with Gasteiger partial charge in [0.1, 0.15) is 18.0 Å². The molecular weight excluding hydrogens is 389 g/mol. The molecule has 0 amide bonds. The fraction of sp³-hybridized carbons (Fsp3) is 0.227. The maximum Gasteiger partial charge on any atom is 0.257 e. The summed E-state index contributed by atoms with van der Waals surface area (Å²) in [5, 5.41) is 9.44. The number of aromatic nitrogens is 4. The van der Waals surface area contributed by atoms with Gasteiger partial charge in [0.05, 0.1) is 5.52 Å². The molecule has 2 aromatic carbocycles. The van der Waals surface area contributed by atoms with Crippen molar-refractivity contribution >= 4 is 39.8 Å². The number of rotatable bonds is 2. The van der Waals surface area contributed by atoms with E-state index in [1.54, 1.807) is 16.8 Å². The summed E-state index contributed by atoms with van der Waals surface area (Å²) >= 11 is 6.20. The van der Waals surface area contributed by atoms with Crippen LogP contribution in [0.4, 0.5) is 15.9 Å². The van der Waals surface area contributed by atoms with Crippen molar-refractivity contribution in [3.8, 4) is 11.8 Å². The maximum atomic E-state index is 14.3. The Morgan fingerprint density at radius 3 is 2.69 bits per heavy atom. The lowest BCUT2D eigenvalue weighted by Gasteiger charge is -2.21. The van der Waals surface area contributed by atoms with Gasteiger partial charge in [-0.15, -0.1) is 10.2 Å². The molecule has 0 saturated heterocycles. The third-order valence-electron chi connectivity index (χ3n) is 4.37. The Hall–Kier alpha value is -3.17. The summed E-state index contributed by atoms with van der Waals surface area (Å²) in [5.41, 5.74) is 1.89. The van der Waals surface area contributed by atoms with Crippen LogP contribution in [0.2, 0.25) is 5.02 Å². The normalized spacial score (nSPS) is 11.5. The molecule has 0 N–H and O–H groups in total. The van der Waals surface area contributed by atoms with Gasteiger partial charge < -0.3 is 4.90 Å². The number of anilines is 2. The summed E-state index contributed by atoms with van der Waals surface area (Å²) in [4.78, 5) is 6.44. The Kier molecular flexibility index (Phi) is 4.64. The second-order valence-corrected chi connectivity index (χ2v) is 8.29. The van der Waals surface area contributed by atoms with Crippen molar-refractivity contribution < 1.29 is 4.39 Å². The summed E-state index contributed by atoms with van der Waals surface area (Å²) in [5.74, 6) is 6.90. The molecule has 146 valence electrons. The summed E-state index contributed by atoms with van der Waals surface area (Å²) in [6, 6.07) is 10.3. The van der Waals surface area contributed by atoms with E-state index in [1.165, 1.54) is 12.1 Å². The zero-order valence-electron chi connectivity index (χ0n) is 16.5.